The molecule has 22 heavy (non-hydrogen) atoms. The van der Waals surface area contributed by atoms with Crippen LogP contribution in [0.5, 0.6) is 0 Å². The topological polar surface area (TPSA) is 37.4 Å². The minimum atomic E-state index is -0.394. The van der Waals surface area contributed by atoms with Crippen LogP contribution in [0.2, 0.25) is 0 Å². The van der Waals surface area contributed by atoms with Crippen LogP contribution in [-0.4, -0.2) is 22.6 Å². The molecule has 3 nitrogen and oxygen atoms in total. The van der Waals surface area contributed by atoms with Crippen molar-refractivity contribution in [3.05, 3.63) is 65.2 Å². The molecule has 0 N–H and O–H groups in total. The number of hydrogen-bond donors (Lipinski definition) is 0. The highest BCUT2D eigenvalue weighted by atomic mass is 79.9. The Balaban J connectivity index is 2.13. The molecule has 1 heterocycles. The summed E-state index contributed by atoms with van der Waals surface area (Å²) in [5.41, 5.74) is 2.92. The molecule has 0 saturated carbocycles. The third-order valence-corrected chi connectivity index (χ3v) is 5.18. The Morgan fingerprint density at radius 3 is 2.50 bits per heavy atom. The third kappa shape index (κ3) is 2.37. The van der Waals surface area contributed by atoms with Gasteiger partial charge in [0.1, 0.15) is 0 Å². The van der Waals surface area contributed by atoms with Gasteiger partial charge in [-0.3, -0.25) is 9.59 Å². The van der Waals surface area contributed by atoms with Crippen molar-refractivity contribution in [2.24, 2.45) is 0 Å². The Hall–Kier alpha value is -1.94. The zero-order valence-corrected chi connectivity index (χ0v) is 14.0. The van der Waals surface area contributed by atoms with Crippen LogP contribution in [0.1, 0.15) is 33.2 Å². The fraction of sp³-hybridized carbons (Fsp3) is 0.222. The van der Waals surface area contributed by atoms with E-state index in [0.29, 0.717) is 16.8 Å². The van der Waals surface area contributed by atoms with Crippen molar-refractivity contribution in [3.63, 3.8) is 0 Å². The molecule has 0 radical (unpaired) electrons. The summed E-state index contributed by atoms with van der Waals surface area (Å²) in [6, 6.07) is 14.6. The zero-order valence-electron chi connectivity index (χ0n) is 12.4. The first-order valence-electron chi connectivity index (χ1n) is 7.18. The molecule has 2 atom stereocenters. The lowest BCUT2D eigenvalue weighted by Crippen LogP contribution is -2.50. The lowest BCUT2D eigenvalue weighted by atomic mass is 9.93. The predicted molar refractivity (Wildman–Crippen MR) is 90.9 cm³/mol. The minimum absolute atomic E-state index is 0.0308. The van der Waals surface area contributed by atoms with Crippen LogP contribution >= 0.6 is 15.9 Å². The first-order chi connectivity index (χ1) is 10.5. The van der Waals surface area contributed by atoms with Gasteiger partial charge in [-0.15, -0.1) is 0 Å². The number of halogens is 1. The fourth-order valence-corrected chi connectivity index (χ4v) is 3.27. The minimum Gasteiger partial charge on any atom is -0.303 e. The smallest absolute Gasteiger partial charge is 0.258 e. The van der Waals surface area contributed by atoms with Gasteiger partial charge in [0.05, 0.1) is 16.6 Å². The van der Waals surface area contributed by atoms with Crippen molar-refractivity contribution in [2.45, 2.75) is 24.7 Å². The standard InChI is InChI=1S/C18H16BrNO2/c1-11-8-9-15-14(10-11)17(21)16(19)12(2)20(15)18(22)13-6-4-3-5-7-13/h3-10,12,16H,1-2H3/t12-,16-/m1/s1. The van der Waals surface area contributed by atoms with Gasteiger partial charge in [0, 0.05) is 11.1 Å². The van der Waals surface area contributed by atoms with Crippen LogP contribution in [0.25, 0.3) is 0 Å². The van der Waals surface area contributed by atoms with Crippen LogP contribution in [-0.2, 0) is 0 Å². The van der Waals surface area contributed by atoms with E-state index in [1.54, 1.807) is 17.0 Å². The highest BCUT2D eigenvalue weighted by molar-refractivity contribution is 9.10. The second kappa shape index (κ2) is 5.69. The first-order valence-corrected chi connectivity index (χ1v) is 8.10. The number of alkyl halides is 1. The molecule has 1 aliphatic heterocycles. The largest absolute Gasteiger partial charge is 0.303 e. The zero-order chi connectivity index (χ0) is 15.9. The number of ketones is 1. The number of amides is 1. The van der Waals surface area contributed by atoms with Crippen LogP contribution in [0.3, 0.4) is 0 Å². The van der Waals surface area contributed by atoms with Crippen molar-refractivity contribution in [2.75, 3.05) is 4.90 Å². The molecular weight excluding hydrogens is 342 g/mol. The van der Waals surface area contributed by atoms with E-state index in [4.69, 9.17) is 0 Å². The lowest BCUT2D eigenvalue weighted by molar-refractivity contribution is 0.0944. The summed E-state index contributed by atoms with van der Waals surface area (Å²) < 4.78 is 0. The number of nitrogens with zero attached hydrogens (tertiary/aromatic N) is 1. The highest BCUT2D eigenvalue weighted by Gasteiger charge is 2.39. The SMILES string of the molecule is Cc1ccc2c(c1)C(=O)[C@H](Br)[C@@H](C)N2C(=O)c1ccccc1. The Morgan fingerprint density at radius 1 is 1.14 bits per heavy atom. The van der Waals surface area contributed by atoms with Gasteiger partial charge >= 0.3 is 0 Å². The van der Waals surface area contributed by atoms with Gasteiger partial charge in [0.15, 0.2) is 5.78 Å². The first kappa shape index (κ1) is 15.0. The molecule has 3 rings (SSSR count). The molecule has 2 aromatic rings. The van der Waals surface area contributed by atoms with E-state index in [0.717, 1.165) is 5.56 Å². The number of hydrogen-bond acceptors (Lipinski definition) is 2. The number of Topliss-reactive ketones (excluding diaryl/α,β-unsaturated/α-hetero) is 1. The summed E-state index contributed by atoms with van der Waals surface area (Å²) in [6.07, 6.45) is 0. The molecule has 112 valence electrons. The van der Waals surface area contributed by atoms with E-state index in [-0.39, 0.29) is 17.7 Å². The van der Waals surface area contributed by atoms with E-state index in [1.165, 1.54) is 0 Å². The lowest BCUT2D eigenvalue weighted by Gasteiger charge is -2.37. The molecule has 0 aromatic heterocycles. The number of anilines is 1. The summed E-state index contributed by atoms with van der Waals surface area (Å²) >= 11 is 3.45. The van der Waals surface area contributed by atoms with E-state index >= 15 is 0 Å². The molecule has 0 unspecified atom stereocenters. The Kier molecular flexibility index (Phi) is 3.87. The van der Waals surface area contributed by atoms with Crippen molar-refractivity contribution >= 4 is 33.3 Å². The summed E-state index contributed by atoms with van der Waals surface area (Å²) in [5.74, 6) is -0.0570. The quantitative estimate of drug-likeness (QED) is 0.723. The second-order valence-electron chi connectivity index (χ2n) is 5.57. The monoisotopic (exact) mass is 357 g/mol. The maximum absolute atomic E-state index is 12.9. The second-order valence-corrected chi connectivity index (χ2v) is 6.55. The average molecular weight is 358 g/mol. The fourth-order valence-electron chi connectivity index (χ4n) is 2.79. The number of aryl methyl sites for hydroxylation is 1. The van der Waals surface area contributed by atoms with Crippen molar-refractivity contribution in [3.8, 4) is 0 Å². The van der Waals surface area contributed by atoms with Crippen LogP contribution in [0, 0.1) is 6.92 Å². The molecule has 1 amide bonds. The summed E-state index contributed by atoms with van der Waals surface area (Å²) in [7, 11) is 0. The maximum Gasteiger partial charge on any atom is 0.258 e. The van der Waals surface area contributed by atoms with E-state index in [2.05, 4.69) is 15.9 Å². The van der Waals surface area contributed by atoms with Gasteiger partial charge < -0.3 is 4.90 Å². The van der Waals surface area contributed by atoms with Crippen LogP contribution in [0.15, 0.2) is 48.5 Å². The molecule has 0 fully saturated rings. The predicted octanol–water partition coefficient (Wildman–Crippen LogP) is 3.99. The third-order valence-electron chi connectivity index (χ3n) is 4.00. The summed E-state index contributed by atoms with van der Waals surface area (Å²) in [5, 5.41) is 0. The molecule has 0 spiro atoms. The van der Waals surface area contributed by atoms with Crippen LogP contribution in [0.4, 0.5) is 5.69 Å². The summed E-state index contributed by atoms with van der Waals surface area (Å²) in [4.78, 5) is 26.7. The molecule has 2 aromatic carbocycles. The van der Waals surface area contributed by atoms with Gasteiger partial charge in [-0.1, -0.05) is 45.8 Å². The van der Waals surface area contributed by atoms with Gasteiger partial charge in [0.2, 0.25) is 0 Å². The Labute approximate surface area is 138 Å². The highest BCUT2D eigenvalue weighted by Crippen LogP contribution is 2.35. The van der Waals surface area contributed by atoms with Gasteiger partial charge in [-0.25, -0.2) is 0 Å². The number of carbonyl (C=O) groups excluding carboxylic acids is 2. The van der Waals surface area contributed by atoms with E-state index in [1.807, 2.05) is 50.2 Å². The van der Waals surface area contributed by atoms with Crippen molar-refractivity contribution in [1.29, 1.82) is 0 Å². The van der Waals surface area contributed by atoms with Gasteiger partial charge in [0.25, 0.3) is 5.91 Å². The molecular formula is C18H16BrNO2. The molecule has 4 heteroatoms. The van der Waals surface area contributed by atoms with Crippen molar-refractivity contribution in [1.82, 2.24) is 0 Å². The Morgan fingerprint density at radius 2 is 1.82 bits per heavy atom. The summed E-state index contributed by atoms with van der Waals surface area (Å²) in [6.45, 7) is 3.83. The molecule has 0 bridgehead atoms. The number of benzene rings is 2. The normalized spacial score (nSPS) is 20.7. The molecule has 0 saturated heterocycles. The number of carbonyl (C=O) groups is 2. The number of rotatable bonds is 1. The van der Waals surface area contributed by atoms with Gasteiger partial charge in [-0.2, -0.15) is 0 Å². The van der Waals surface area contributed by atoms with Crippen molar-refractivity contribution < 1.29 is 9.59 Å². The molecule has 1 aliphatic rings. The molecule has 0 aliphatic carbocycles. The van der Waals surface area contributed by atoms with Gasteiger partial charge in [-0.05, 0) is 38.1 Å². The maximum atomic E-state index is 12.9. The van der Waals surface area contributed by atoms with E-state index in [9.17, 15) is 9.59 Å². The van der Waals surface area contributed by atoms with Crippen LogP contribution < -0.4 is 4.90 Å². The number of fused-ring (bicyclic) bond motifs is 1. The van der Waals surface area contributed by atoms with E-state index < -0.39 is 4.83 Å². The average Bonchev–Trinajstić information content (AvgIpc) is 2.54. The Bertz CT molecular complexity index is 742.